The Bertz CT molecular complexity index is 3680. The number of likely N-dealkylation sites (N-methyl/N-ethyl adjacent to an activating group) is 2. The van der Waals surface area contributed by atoms with E-state index in [1.165, 1.54) is 28.3 Å². The zero-order valence-electron chi connectivity index (χ0n) is 35.5. The van der Waals surface area contributed by atoms with Crippen LogP contribution in [0.4, 0.5) is 20.2 Å². The number of amides is 2. The molecule has 0 atom stereocenters. The normalized spacial score (nSPS) is 13.2. The molecule has 0 spiro atoms. The summed E-state index contributed by atoms with van der Waals surface area (Å²) < 4.78 is 47.6. The van der Waals surface area contributed by atoms with E-state index >= 15 is 0 Å². The van der Waals surface area contributed by atoms with Crippen molar-refractivity contribution in [2.75, 3.05) is 37.1 Å². The number of aromatic nitrogens is 12. The van der Waals surface area contributed by atoms with Gasteiger partial charge >= 0.3 is 0 Å². The molecule has 2 aromatic carbocycles. The van der Waals surface area contributed by atoms with Gasteiger partial charge in [0.2, 0.25) is 5.16 Å². The molecule has 0 saturated heterocycles. The summed E-state index contributed by atoms with van der Waals surface area (Å²) >= 11 is 9.79. The highest BCUT2D eigenvalue weighted by molar-refractivity contribution is 9.10. The molecule has 2 amide bonds. The zero-order valence-corrected chi connectivity index (χ0v) is 38.8. The van der Waals surface area contributed by atoms with Gasteiger partial charge in [-0.1, -0.05) is 15.9 Å². The minimum Gasteiger partial charge on any atom is -0.481 e. The topological polar surface area (TPSA) is 184 Å². The van der Waals surface area contributed by atoms with Crippen LogP contribution in [0.15, 0.2) is 113 Å². The molecule has 0 unspecified atom stereocenters. The Labute approximate surface area is 394 Å². The summed E-state index contributed by atoms with van der Waals surface area (Å²) in [5.74, 6) is 0.260. The van der Waals surface area contributed by atoms with Gasteiger partial charge in [0, 0.05) is 95.4 Å². The SMILES string of the molecule is CN1C(=O)COc2c1cnc1ccc(Br)cc21.CN1C(=O)COc2c1cnc1ccc(Sc3nnc4c(F)cc(-c5cnn(C)c5)cn34)cc21.Cn1cc(-c2cc(F)c3n[nH]c(=S)n3c2)cn1. The van der Waals surface area contributed by atoms with Crippen LogP contribution in [0.25, 0.3) is 55.4 Å². The van der Waals surface area contributed by atoms with Crippen LogP contribution >= 0.6 is 39.9 Å². The fraction of sp³-hybridized carbons (Fsp3) is 0.136. The van der Waals surface area contributed by atoms with Crippen molar-refractivity contribution in [2.45, 2.75) is 10.1 Å². The van der Waals surface area contributed by atoms with Gasteiger partial charge in [-0.25, -0.2) is 8.78 Å². The number of H-pyrrole nitrogens is 1. The second-order valence-corrected chi connectivity index (χ2v) is 17.6. The zero-order chi connectivity index (χ0) is 46.7. The minimum absolute atomic E-state index is 0.0226. The minimum atomic E-state index is -0.464. The lowest BCUT2D eigenvalue weighted by molar-refractivity contribution is -0.121. The highest BCUT2D eigenvalue weighted by Crippen LogP contribution is 2.40. The molecule has 67 heavy (non-hydrogen) atoms. The summed E-state index contributed by atoms with van der Waals surface area (Å²) in [7, 11) is 7.05. The summed E-state index contributed by atoms with van der Waals surface area (Å²) in [6.07, 6.45) is 13.8. The molecule has 2 aliphatic heterocycles. The Morgan fingerprint density at radius 3 is 1.81 bits per heavy atom. The Morgan fingerprint density at radius 2 is 1.22 bits per heavy atom. The van der Waals surface area contributed by atoms with Crippen LogP contribution in [0.5, 0.6) is 11.5 Å². The number of carbonyl (C=O) groups is 2. The number of halogens is 3. The van der Waals surface area contributed by atoms with E-state index in [2.05, 4.69) is 56.5 Å². The van der Waals surface area contributed by atoms with Crippen LogP contribution < -0.4 is 19.3 Å². The van der Waals surface area contributed by atoms with E-state index in [1.54, 1.807) is 74.8 Å². The third kappa shape index (κ3) is 8.20. The van der Waals surface area contributed by atoms with E-state index in [4.69, 9.17) is 21.7 Å². The fourth-order valence-electron chi connectivity index (χ4n) is 7.38. The van der Waals surface area contributed by atoms with Crippen molar-refractivity contribution in [3.05, 3.63) is 119 Å². The van der Waals surface area contributed by atoms with Crippen molar-refractivity contribution in [2.24, 2.45) is 14.1 Å². The molecule has 1 N–H and O–H groups in total. The molecule has 2 aliphatic rings. The van der Waals surface area contributed by atoms with Gasteiger partial charge in [0.25, 0.3) is 11.8 Å². The first-order valence-corrected chi connectivity index (χ1v) is 22.1. The number of hydrogen-bond donors (Lipinski definition) is 1. The number of pyridine rings is 4. The maximum Gasteiger partial charge on any atom is 0.264 e. The summed E-state index contributed by atoms with van der Waals surface area (Å²) in [6, 6.07) is 14.4. The Morgan fingerprint density at radius 1 is 0.672 bits per heavy atom. The van der Waals surface area contributed by atoms with Gasteiger partial charge in [-0.2, -0.15) is 15.3 Å². The van der Waals surface area contributed by atoms with E-state index in [9.17, 15) is 18.4 Å². The van der Waals surface area contributed by atoms with Gasteiger partial charge < -0.3 is 19.3 Å². The second kappa shape index (κ2) is 17.3. The first kappa shape index (κ1) is 43.3. The number of nitrogens with zero attached hydrogens (tertiary/aromatic N) is 13. The van der Waals surface area contributed by atoms with Crippen molar-refractivity contribution in [3.63, 3.8) is 0 Å². The third-order valence-corrected chi connectivity index (χ3v) is 12.6. The third-order valence-electron chi connectivity index (χ3n) is 10.9. The number of ether oxygens (including phenoxy) is 2. The number of anilines is 2. The van der Waals surface area contributed by atoms with Crippen molar-refractivity contribution >= 4 is 96.2 Å². The van der Waals surface area contributed by atoms with E-state index < -0.39 is 11.6 Å². The number of nitrogens with one attached hydrogen (secondary N) is 1. The second-order valence-electron chi connectivity index (χ2n) is 15.2. The molecule has 0 fully saturated rings. The lowest BCUT2D eigenvalue weighted by Gasteiger charge is -2.26. The molecule has 0 saturated carbocycles. The molecular weight excluding hydrogens is 971 g/mol. The van der Waals surface area contributed by atoms with Crippen LogP contribution in [-0.2, 0) is 23.7 Å². The number of rotatable bonds is 4. The van der Waals surface area contributed by atoms with Crippen molar-refractivity contribution in [1.29, 1.82) is 0 Å². The number of carbonyl (C=O) groups excluding carboxylic acids is 2. The van der Waals surface area contributed by atoms with Crippen LogP contribution in [0, 0.1) is 16.4 Å². The predicted molar refractivity (Wildman–Crippen MR) is 251 cm³/mol. The van der Waals surface area contributed by atoms with Gasteiger partial charge in [0.05, 0.1) is 35.8 Å². The van der Waals surface area contributed by atoms with Crippen molar-refractivity contribution in [1.82, 2.24) is 58.7 Å². The Balaban J connectivity index is 0.000000130. The number of hydrogen-bond acceptors (Lipinski definition) is 13. The van der Waals surface area contributed by atoms with Gasteiger partial charge in [-0.05, 0) is 72.5 Å². The van der Waals surface area contributed by atoms with Gasteiger partial charge in [-0.15, -0.1) is 10.2 Å². The summed E-state index contributed by atoms with van der Waals surface area (Å²) in [6.45, 7) is 0.0559. The number of benzene rings is 2. The molecule has 336 valence electrons. The summed E-state index contributed by atoms with van der Waals surface area (Å²) in [4.78, 5) is 36.2. The van der Waals surface area contributed by atoms with Gasteiger partial charge in [-0.3, -0.25) is 42.8 Å². The van der Waals surface area contributed by atoms with Crippen molar-refractivity contribution in [3.8, 4) is 33.8 Å². The molecule has 18 nitrogen and oxygen atoms in total. The molecule has 10 heterocycles. The molecule has 23 heteroatoms. The highest BCUT2D eigenvalue weighted by Gasteiger charge is 2.26. The maximum atomic E-state index is 14.7. The quantitative estimate of drug-likeness (QED) is 0.170. The van der Waals surface area contributed by atoms with Gasteiger partial charge in [0.15, 0.2) is 52.4 Å². The first-order chi connectivity index (χ1) is 32.3. The van der Waals surface area contributed by atoms with Gasteiger partial charge in [0.1, 0.15) is 11.4 Å². The van der Waals surface area contributed by atoms with Crippen LogP contribution in [0.2, 0.25) is 0 Å². The molecule has 10 aromatic rings. The number of aryl methyl sites for hydroxylation is 2. The maximum absolute atomic E-state index is 14.7. The molecule has 0 bridgehead atoms. The lowest BCUT2D eigenvalue weighted by atomic mass is 10.1. The number of aromatic amines is 1. The Hall–Kier alpha value is -7.63. The monoisotopic (exact) mass is 1000 g/mol. The first-order valence-electron chi connectivity index (χ1n) is 20.1. The molecule has 0 aliphatic carbocycles. The largest absolute Gasteiger partial charge is 0.481 e. The standard InChI is InChI=1S/C22H16FN7O2S.C12H9BrN2O2.C10H8FN5S/c1-28-9-13(7-25-28)12-5-16(23)21-26-27-22(30(21)10-12)33-14-3-4-17-15(6-14)20-18(8-24-17)29(2)19(31)11-32-20;1-15-10-5-14-9-3-2-7(13)4-8(9)12(10)17-6-11(15)16;1-15-4-7(3-12-15)6-2-8(11)9-13-14-10(17)16(9)5-6/h3-10H,11H2,1-2H3;2-5H,6H2,1H3;2-5H,1H3,(H,14,17). The predicted octanol–water partition coefficient (Wildman–Crippen LogP) is 7.61. The molecule has 0 radical (unpaired) electrons. The van der Waals surface area contributed by atoms with E-state index in [0.29, 0.717) is 38.2 Å². The smallest absolute Gasteiger partial charge is 0.264 e. The summed E-state index contributed by atoms with van der Waals surface area (Å²) in [5, 5.41) is 25.0. The summed E-state index contributed by atoms with van der Waals surface area (Å²) in [5.41, 5.74) is 6.29. The van der Waals surface area contributed by atoms with Crippen molar-refractivity contribution < 1.29 is 27.8 Å². The number of fused-ring (bicyclic) bond motifs is 8. The average Bonchev–Trinajstić information content (AvgIpc) is 4.14. The van der Waals surface area contributed by atoms with Crippen LogP contribution in [-0.4, -0.2) is 97.8 Å². The molecule has 12 rings (SSSR count). The van der Waals surface area contributed by atoms with E-state index in [0.717, 1.165) is 48.1 Å². The highest BCUT2D eigenvalue weighted by atomic mass is 79.9. The average molecular weight is 1000 g/mol. The van der Waals surface area contributed by atoms with E-state index in [-0.39, 0.29) is 36.3 Å². The lowest BCUT2D eigenvalue weighted by Crippen LogP contribution is -2.35. The van der Waals surface area contributed by atoms with E-state index in [1.807, 2.05) is 62.9 Å². The Kier molecular flexibility index (Phi) is 11.2. The fourth-order valence-corrected chi connectivity index (χ4v) is 8.77. The molecule has 8 aromatic heterocycles. The van der Waals surface area contributed by atoms with Crippen LogP contribution in [0.3, 0.4) is 0 Å². The van der Waals surface area contributed by atoms with Crippen LogP contribution in [0.1, 0.15) is 0 Å². The molecular formula is C44H33BrF2N14O4S2.